The van der Waals surface area contributed by atoms with Gasteiger partial charge in [-0.2, -0.15) is 0 Å². The maximum atomic E-state index is 13.1. The van der Waals surface area contributed by atoms with Gasteiger partial charge in [-0.15, -0.1) is 0 Å². The number of fused-ring (bicyclic) bond motifs is 1. The fourth-order valence-electron chi connectivity index (χ4n) is 4.91. The Morgan fingerprint density at radius 2 is 1.97 bits per heavy atom. The number of hydrogen-bond acceptors (Lipinski definition) is 5. The molecule has 178 valence electrons. The Morgan fingerprint density at radius 3 is 2.71 bits per heavy atom. The fraction of sp³-hybridized carbons (Fsp3) is 0.370. The van der Waals surface area contributed by atoms with Gasteiger partial charge < -0.3 is 16.8 Å². The topological polar surface area (TPSA) is 114 Å². The van der Waals surface area contributed by atoms with Crippen LogP contribution in [-0.4, -0.2) is 46.9 Å². The fourth-order valence-corrected chi connectivity index (χ4v) is 4.91. The highest BCUT2D eigenvalue weighted by Crippen LogP contribution is 2.28. The summed E-state index contributed by atoms with van der Waals surface area (Å²) in [5.74, 6) is -0.255. The number of aryl methyl sites for hydroxylation is 2. The first-order chi connectivity index (χ1) is 16.4. The van der Waals surface area contributed by atoms with Crippen LogP contribution in [0.15, 0.2) is 60.8 Å². The van der Waals surface area contributed by atoms with Gasteiger partial charge in [0.25, 0.3) is 0 Å². The van der Waals surface area contributed by atoms with Crippen molar-refractivity contribution in [3.05, 3.63) is 71.9 Å². The average molecular weight is 460 g/mol. The second-order valence-corrected chi connectivity index (χ2v) is 9.30. The number of nitrogens with zero attached hydrogens (tertiary/aromatic N) is 2. The van der Waals surface area contributed by atoms with E-state index in [4.69, 9.17) is 11.5 Å². The molecule has 7 heteroatoms. The van der Waals surface area contributed by atoms with Crippen molar-refractivity contribution in [2.45, 2.75) is 44.7 Å². The van der Waals surface area contributed by atoms with Crippen LogP contribution >= 0.6 is 0 Å². The Labute approximate surface area is 200 Å². The molecule has 1 aliphatic rings. The van der Waals surface area contributed by atoms with Gasteiger partial charge in [-0.3, -0.25) is 19.5 Å². The van der Waals surface area contributed by atoms with Gasteiger partial charge in [0.15, 0.2) is 0 Å². The zero-order valence-electron chi connectivity index (χ0n) is 19.6. The van der Waals surface area contributed by atoms with E-state index in [0.717, 1.165) is 29.3 Å². The van der Waals surface area contributed by atoms with Gasteiger partial charge in [0, 0.05) is 24.4 Å². The molecule has 0 unspecified atom stereocenters. The predicted molar refractivity (Wildman–Crippen MR) is 135 cm³/mol. The predicted octanol–water partition coefficient (Wildman–Crippen LogP) is 3.01. The SMILES string of the molecule is Cc1ccc2ncc(NC(=O)C[C@@H](CCc3ccccc3)N3C[C@@H](CN)C[C@@H]3C(N)=O)cc2c1. The van der Waals surface area contributed by atoms with Crippen molar-refractivity contribution in [2.24, 2.45) is 17.4 Å². The van der Waals surface area contributed by atoms with Gasteiger partial charge in [-0.25, -0.2) is 0 Å². The Balaban J connectivity index is 1.50. The van der Waals surface area contributed by atoms with Crippen LogP contribution in [0.1, 0.15) is 30.4 Å². The number of anilines is 1. The van der Waals surface area contributed by atoms with E-state index in [1.165, 1.54) is 5.56 Å². The minimum absolute atomic E-state index is 0.105. The minimum Gasteiger partial charge on any atom is -0.368 e. The van der Waals surface area contributed by atoms with E-state index < -0.39 is 6.04 Å². The second-order valence-electron chi connectivity index (χ2n) is 9.30. The van der Waals surface area contributed by atoms with Crippen molar-refractivity contribution in [2.75, 3.05) is 18.4 Å². The number of carbonyl (C=O) groups excluding carboxylic acids is 2. The molecule has 0 radical (unpaired) electrons. The molecular weight excluding hydrogens is 426 g/mol. The first-order valence-corrected chi connectivity index (χ1v) is 11.9. The van der Waals surface area contributed by atoms with E-state index >= 15 is 0 Å². The lowest BCUT2D eigenvalue weighted by Gasteiger charge is -2.31. The number of nitrogens with one attached hydrogen (secondary N) is 1. The smallest absolute Gasteiger partial charge is 0.234 e. The summed E-state index contributed by atoms with van der Waals surface area (Å²) in [4.78, 5) is 31.9. The summed E-state index contributed by atoms with van der Waals surface area (Å²) in [6.07, 6.45) is 4.14. The van der Waals surface area contributed by atoms with Crippen LogP contribution in [0.3, 0.4) is 0 Å². The van der Waals surface area contributed by atoms with Crippen molar-refractivity contribution < 1.29 is 9.59 Å². The van der Waals surface area contributed by atoms with Crippen LogP contribution in [0.25, 0.3) is 10.9 Å². The summed E-state index contributed by atoms with van der Waals surface area (Å²) in [5, 5.41) is 3.99. The van der Waals surface area contributed by atoms with Crippen LogP contribution in [0.5, 0.6) is 0 Å². The number of primary amides is 1. The lowest BCUT2D eigenvalue weighted by atomic mass is 10.00. The molecule has 34 heavy (non-hydrogen) atoms. The summed E-state index contributed by atoms with van der Waals surface area (Å²) < 4.78 is 0. The summed E-state index contributed by atoms with van der Waals surface area (Å²) in [5.41, 5.74) is 15.5. The third kappa shape index (κ3) is 5.79. The molecule has 5 N–H and O–H groups in total. The first kappa shape index (κ1) is 23.9. The molecule has 1 fully saturated rings. The monoisotopic (exact) mass is 459 g/mol. The summed E-state index contributed by atoms with van der Waals surface area (Å²) >= 11 is 0. The molecule has 2 aromatic carbocycles. The molecule has 3 aromatic rings. The van der Waals surface area contributed by atoms with Gasteiger partial charge in [0.2, 0.25) is 11.8 Å². The number of hydrogen-bond donors (Lipinski definition) is 3. The zero-order valence-corrected chi connectivity index (χ0v) is 19.6. The highest BCUT2D eigenvalue weighted by molar-refractivity contribution is 5.93. The Bertz CT molecular complexity index is 1150. The van der Waals surface area contributed by atoms with E-state index in [0.29, 0.717) is 25.2 Å². The van der Waals surface area contributed by atoms with Crippen molar-refractivity contribution in [3.8, 4) is 0 Å². The van der Waals surface area contributed by atoms with E-state index in [-0.39, 0.29) is 30.2 Å². The van der Waals surface area contributed by atoms with Crippen LogP contribution in [0.2, 0.25) is 0 Å². The highest BCUT2D eigenvalue weighted by Gasteiger charge is 2.39. The summed E-state index contributed by atoms with van der Waals surface area (Å²) in [6.45, 7) is 3.20. The number of benzene rings is 2. The Morgan fingerprint density at radius 1 is 1.18 bits per heavy atom. The van der Waals surface area contributed by atoms with Crippen molar-refractivity contribution in [3.63, 3.8) is 0 Å². The third-order valence-corrected chi connectivity index (χ3v) is 6.71. The van der Waals surface area contributed by atoms with E-state index in [9.17, 15) is 9.59 Å². The molecule has 4 rings (SSSR count). The van der Waals surface area contributed by atoms with E-state index in [1.54, 1.807) is 6.20 Å². The lowest BCUT2D eigenvalue weighted by Crippen LogP contribution is -2.47. The maximum absolute atomic E-state index is 13.1. The van der Waals surface area contributed by atoms with Crippen LogP contribution < -0.4 is 16.8 Å². The molecule has 0 aliphatic carbocycles. The van der Waals surface area contributed by atoms with Gasteiger partial charge in [0.1, 0.15) is 0 Å². The molecule has 1 aliphatic heterocycles. The summed E-state index contributed by atoms with van der Waals surface area (Å²) in [6, 6.07) is 17.6. The largest absolute Gasteiger partial charge is 0.368 e. The van der Waals surface area contributed by atoms with Gasteiger partial charge in [0.05, 0.1) is 23.4 Å². The molecule has 1 aromatic heterocycles. The number of pyridine rings is 1. The number of likely N-dealkylation sites (tertiary alicyclic amines) is 1. The molecule has 2 heterocycles. The van der Waals surface area contributed by atoms with Crippen molar-refractivity contribution >= 4 is 28.4 Å². The van der Waals surface area contributed by atoms with E-state index in [1.807, 2.05) is 43.3 Å². The number of carbonyl (C=O) groups is 2. The molecule has 7 nitrogen and oxygen atoms in total. The third-order valence-electron chi connectivity index (χ3n) is 6.71. The van der Waals surface area contributed by atoms with Crippen molar-refractivity contribution in [1.82, 2.24) is 9.88 Å². The van der Waals surface area contributed by atoms with Gasteiger partial charge in [-0.05, 0) is 62.4 Å². The molecule has 0 bridgehead atoms. The Kier molecular flexibility index (Phi) is 7.55. The highest BCUT2D eigenvalue weighted by atomic mass is 16.2. The second kappa shape index (κ2) is 10.8. The van der Waals surface area contributed by atoms with E-state index in [2.05, 4.69) is 33.4 Å². The Hall–Kier alpha value is -3.29. The van der Waals surface area contributed by atoms with Crippen LogP contribution in [0.4, 0.5) is 5.69 Å². The lowest BCUT2D eigenvalue weighted by molar-refractivity contribution is -0.124. The number of aromatic nitrogens is 1. The molecule has 2 amide bonds. The maximum Gasteiger partial charge on any atom is 0.234 e. The zero-order chi connectivity index (χ0) is 24.1. The molecule has 1 saturated heterocycles. The molecule has 0 spiro atoms. The first-order valence-electron chi connectivity index (χ1n) is 11.9. The number of nitrogens with two attached hydrogens (primary N) is 2. The van der Waals surface area contributed by atoms with Crippen molar-refractivity contribution in [1.29, 1.82) is 0 Å². The minimum atomic E-state index is -0.396. The molecule has 0 saturated carbocycles. The molecular formula is C27H33N5O2. The van der Waals surface area contributed by atoms with Gasteiger partial charge >= 0.3 is 0 Å². The normalized spacial score (nSPS) is 19.2. The standard InChI is InChI=1S/C27H33N5O2/c1-18-7-10-24-21(11-18)13-22(16-30-24)31-26(33)14-23(9-8-19-5-3-2-4-6-19)32-17-20(15-28)12-25(32)27(29)34/h2-7,10-11,13,16,20,23,25H,8-9,12,14-15,17,28H2,1H3,(H2,29,34)(H,31,33)/t20-,23-,25-/m1/s1. The van der Waals surface area contributed by atoms with Gasteiger partial charge in [-0.1, -0.05) is 42.0 Å². The molecule has 3 atom stereocenters. The summed E-state index contributed by atoms with van der Waals surface area (Å²) in [7, 11) is 0. The van der Waals surface area contributed by atoms with Crippen LogP contribution in [0, 0.1) is 12.8 Å². The number of amides is 2. The number of rotatable bonds is 9. The van der Waals surface area contributed by atoms with Crippen LogP contribution in [-0.2, 0) is 16.0 Å². The quantitative estimate of drug-likeness (QED) is 0.455. The average Bonchev–Trinajstić information content (AvgIpc) is 3.27.